The standard InChI is InChI=1S/C13H16F3NO3/c1-3-19-8-12(17-9(2)18)10-4-6-11(7-5-10)20-13(14,15)16/h4-7,12H,3,8H2,1-2H3,(H,17,18). The molecule has 0 aliphatic heterocycles. The number of ether oxygens (including phenoxy) is 2. The van der Waals surface area contributed by atoms with Crippen molar-refractivity contribution in [3.05, 3.63) is 29.8 Å². The van der Waals surface area contributed by atoms with Crippen LogP contribution in [0.2, 0.25) is 0 Å². The Morgan fingerprint density at radius 1 is 1.30 bits per heavy atom. The fraction of sp³-hybridized carbons (Fsp3) is 0.462. The minimum Gasteiger partial charge on any atom is -0.406 e. The summed E-state index contributed by atoms with van der Waals surface area (Å²) in [5.41, 5.74) is 0.642. The zero-order valence-electron chi connectivity index (χ0n) is 11.2. The number of hydrogen-bond donors (Lipinski definition) is 1. The van der Waals surface area contributed by atoms with Crippen LogP contribution >= 0.6 is 0 Å². The molecule has 0 radical (unpaired) electrons. The van der Waals surface area contributed by atoms with Gasteiger partial charge < -0.3 is 14.8 Å². The third-order valence-corrected chi connectivity index (χ3v) is 2.38. The van der Waals surface area contributed by atoms with Crippen LogP contribution in [-0.4, -0.2) is 25.5 Å². The molecule has 0 aliphatic rings. The Kier molecular flexibility index (Phi) is 5.82. The SMILES string of the molecule is CCOCC(NC(C)=O)c1ccc(OC(F)(F)F)cc1. The highest BCUT2D eigenvalue weighted by Gasteiger charge is 2.31. The predicted molar refractivity (Wildman–Crippen MR) is 66.2 cm³/mol. The van der Waals surface area contributed by atoms with Gasteiger partial charge in [0.1, 0.15) is 5.75 Å². The molecular formula is C13H16F3NO3. The Morgan fingerprint density at radius 2 is 1.90 bits per heavy atom. The van der Waals surface area contributed by atoms with Gasteiger partial charge in [-0.2, -0.15) is 0 Å². The van der Waals surface area contributed by atoms with Gasteiger partial charge in [-0.05, 0) is 24.6 Å². The number of benzene rings is 1. The van der Waals surface area contributed by atoms with Crippen molar-refractivity contribution in [2.45, 2.75) is 26.3 Å². The highest BCUT2D eigenvalue weighted by atomic mass is 19.4. The zero-order valence-corrected chi connectivity index (χ0v) is 11.2. The molecule has 1 N–H and O–H groups in total. The van der Waals surface area contributed by atoms with Crippen molar-refractivity contribution in [3.63, 3.8) is 0 Å². The molecule has 1 aromatic carbocycles. The summed E-state index contributed by atoms with van der Waals surface area (Å²) in [4.78, 5) is 11.1. The Labute approximate surface area is 114 Å². The van der Waals surface area contributed by atoms with Gasteiger partial charge in [-0.25, -0.2) is 0 Å². The maximum atomic E-state index is 12.0. The Morgan fingerprint density at radius 3 is 2.35 bits per heavy atom. The van der Waals surface area contributed by atoms with E-state index in [1.165, 1.54) is 31.2 Å². The summed E-state index contributed by atoms with van der Waals surface area (Å²) in [5, 5.41) is 2.67. The number of halogens is 3. The van der Waals surface area contributed by atoms with Crippen molar-refractivity contribution in [1.82, 2.24) is 5.32 Å². The van der Waals surface area contributed by atoms with Crippen LogP contribution in [0.25, 0.3) is 0 Å². The second-order valence-electron chi connectivity index (χ2n) is 4.03. The van der Waals surface area contributed by atoms with E-state index in [0.717, 1.165) is 0 Å². The first-order chi connectivity index (χ1) is 9.31. The molecule has 0 aromatic heterocycles. The van der Waals surface area contributed by atoms with Crippen LogP contribution < -0.4 is 10.1 Å². The summed E-state index contributed by atoms with van der Waals surface area (Å²) < 4.78 is 45.1. The molecule has 0 saturated carbocycles. The monoisotopic (exact) mass is 291 g/mol. The van der Waals surface area contributed by atoms with Gasteiger partial charge in [0.25, 0.3) is 0 Å². The lowest BCUT2D eigenvalue weighted by Gasteiger charge is -2.18. The fourth-order valence-electron chi connectivity index (χ4n) is 1.60. The van der Waals surface area contributed by atoms with Gasteiger partial charge in [0, 0.05) is 13.5 Å². The number of amides is 1. The van der Waals surface area contributed by atoms with Gasteiger partial charge in [-0.15, -0.1) is 13.2 Å². The Bertz CT molecular complexity index is 431. The molecule has 4 nitrogen and oxygen atoms in total. The first-order valence-electron chi connectivity index (χ1n) is 6.02. The van der Waals surface area contributed by atoms with Crippen LogP contribution in [0.15, 0.2) is 24.3 Å². The third kappa shape index (κ3) is 5.92. The summed E-state index contributed by atoms with van der Waals surface area (Å²) in [6.07, 6.45) is -4.72. The van der Waals surface area contributed by atoms with E-state index < -0.39 is 12.4 Å². The van der Waals surface area contributed by atoms with Gasteiger partial charge in [0.2, 0.25) is 5.91 Å². The normalized spacial score (nSPS) is 12.8. The van der Waals surface area contributed by atoms with E-state index in [1.807, 2.05) is 6.92 Å². The Balaban J connectivity index is 2.78. The summed E-state index contributed by atoms with van der Waals surface area (Å²) >= 11 is 0. The zero-order chi connectivity index (χ0) is 15.2. The average molecular weight is 291 g/mol. The van der Waals surface area contributed by atoms with E-state index in [0.29, 0.717) is 12.2 Å². The van der Waals surface area contributed by atoms with Crippen LogP contribution in [-0.2, 0) is 9.53 Å². The van der Waals surface area contributed by atoms with Gasteiger partial charge in [-0.3, -0.25) is 4.79 Å². The summed E-state index contributed by atoms with van der Waals surface area (Å²) in [7, 11) is 0. The molecule has 0 bridgehead atoms. The highest BCUT2D eigenvalue weighted by Crippen LogP contribution is 2.24. The van der Waals surface area contributed by atoms with Crippen LogP contribution in [0.5, 0.6) is 5.75 Å². The molecule has 1 unspecified atom stereocenters. The quantitative estimate of drug-likeness (QED) is 0.876. The number of alkyl halides is 3. The largest absolute Gasteiger partial charge is 0.573 e. The first-order valence-corrected chi connectivity index (χ1v) is 6.02. The lowest BCUT2D eigenvalue weighted by atomic mass is 10.1. The fourth-order valence-corrected chi connectivity index (χ4v) is 1.60. The van der Waals surface area contributed by atoms with Crippen molar-refractivity contribution in [1.29, 1.82) is 0 Å². The third-order valence-electron chi connectivity index (χ3n) is 2.38. The molecule has 0 heterocycles. The molecular weight excluding hydrogens is 275 g/mol. The number of carbonyl (C=O) groups excluding carboxylic acids is 1. The lowest BCUT2D eigenvalue weighted by Crippen LogP contribution is -2.29. The second kappa shape index (κ2) is 7.14. The summed E-state index contributed by atoms with van der Waals surface area (Å²) in [6.45, 7) is 3.89. The molecule has 20 heavy (non-hydrogen) atoms. The Hall–Kier alpha value is -1.76. The van der Waals surface area contributed by atoms with E-state index in [9.17, 15) is 18.0 Å². The van der Waals surface area contributed by atoms with Crippen molar-refractivity contribution in [2.75, 3.05) is 13.2 Å². The molecule has 0 saturated heterocycles. The summed E-state index contributed by atoms with van der Waals surface area (Å²) in [5.74, 6) is -0.551. The molecule has 7 heteroatoms. The topological polar surface area (TPSA) is 47.6 Å². The van der Waals surface area contributed by atoms with Gasteiger partial charge >= 0.3 is 6.36 Å². The second-order valence-corrected chi connectivity index (χ2v) is 4.03. The maximum Gasteiger partial charge on any atom is 0.573 e. The molecule has 1 rings (SSSR count). The molecule has 0 spiro atoms. The number of rotatable bonds is 6. The van der Waals surface area contributed by atoms with Crippen LogP contribution in [0.4, 0.5) is 13.2 Å². The van der Waals surface area contributed by atoms with Gasteiger partial charge in [0.05, 0.1) is 12.6 Å². The number of hydrogen-bond acceptors (Lipinski definition) is 3. The van der Waals surface area contributed by atoms with E-state index >= 15 is 0 Å². The molecule has 0 aliphatic carbocycles. The predicted octanol–water partition coefficient (Wildman–Crippen LogP) is 2.80. The van der Waals surface area contributed by atoms with Crippen molar-refractivity contribution in [3.8, 4) is 5.75 Å². The minimum atomic E-state index is -4.72. The van der Waals surface area contributed by atoms with Crippen LogP contribution in [0.1, 0.15) is 25.5 Å². The van der Waals surface area contributed by atoms with E-state index in [4.69, 9.17) is 4.74 Å². The van der Waals surface area contributed by atoms with Crippen molar-refractivity contribution in [2.24, 2.45) is 0 Å². The molecule has 0 fully saturated rings. The smallest absolute Gasteiger partial charge is 0.406 e. The van der Waals surface area contributed by atoms with E-state index in [-0.39, 0.29) is 18.3 Å². The lowest BCUT2D eigenvalue weighted by molar-refractivity contribution is -0.274. The first kappa shape index (κ1) is 16.3. The van der Waals surface area contributed by atoms with Gasteiger partial charge in [-0.1, -0.05) is 12.1 Å². The molecule has 1 atom stereocenters. The highest BCUT2D eigenvalue weighted by molar-refractivity contribution is 5.73. The number of carbonyl (C=O) groups is 1. The maximum absolute atomic E-state index is 12.0. The summed E-state index contributed by atoms with van der Waals surface area (Å²) in [6, 6.07) is 4.90. The van der Waals surface area contributed by atoms with Crippen molar-refractivity contribution < 1.29 is 27.4 Å². The van der Waals surface area contributed by atoms with Crippen LogP contribution in [0, 0.1) is 0 Å². The van der Waals surface area contributed by atoms with Crippen molar-refractivity contribution >= 4 is 5.91 Å². The molecule has 112 valence electrons. The van der Waals surface area contributed by atoms with E-state index in [2.05, 4.69) is 10.1 Å². The average Bonchev–Trinajstić information content (AvgIpc) is 2.33. The van der Waals surface area contributed by atoms with E-state index in [1.54, 1.807) is 0 Å². The van der Waals surface area contributed by atoms with Crippen LogP contribution in [0.3, 0.4) is 0 Å². The van der Waals surface area contributed by atoms with Gasteiger partial charge in [0.15, 0.2) is 0 Å². The molecule has 1 aromatic rings. The minimum absolute atomic E-state index is 0.245. The number of nitrogens with one attached hydrogen (secondary N) is 1. The molecule has 1 amide bonds.